The summed E-state index contributed by atoms with van der Waals surface area (Å²) in [5.41, 5.74) is 0.168. The first-order chi connectivity index (χ1) is 15.5. The van der Waals surface area contributed by atoms with E-state index in [0.717, 1.165) is 6.42 Å². The number of anilines is 2. The van der Waals surface area contributed by atoms with E-state index in [1.165, 1.54) is 17.0 Å². The first kappa shape index (κ1) is 21.1. The highest BCUT2D eigenvalue weighted by atomic mass is 16.5. The second-order valence-corrected chi connectivity index (χ2v) is 7.24. The van der Waals surface area contributed by atoms with Crippen molar-refractivity contribution in [3.8, 4) is 5.75 Å². The van der Waals surface area contributed by atoms with E-state index >= 15 is 0 Å². The minimum Gasteiger partial charge on any atom is -0.482 e. The molecule has 0 saturated carbocycles. The van der Waals surface area contributed by atoms with Crippen molar-refractivity contribution in [2.75, 3.05) is 29.9 Å². The van der Waals surface area contributed by atoms with E-state index in [4.69, 9.17) is 9.15 Å². The number of nitrogens with zero attached hydrogens (tertiary/aromatic N) is 1. The summed E-state index contributed by atoms with van der Waals surface area (Å²) in [6, 6.07) is 13.1. The summed E-state index contributed by atoms with van der Waals surface area (Å²) in [6.07, 6.45) is 0.776. The average Bonchev–Trinajstić information content (AvgIpc) is 2.79. The molecule has 0 bridgehead atoms. The number of ether oxygens (including phenoxy) is 1. The molecule has 1 aliphatic rings. The van der Waals surface area contributed by atoms with E-state index in [2.05, 4.69) is 10.6 Å². The smallest absolute Gasteiger partial charge is 0.349 e. The van der Waals surface area contributed by atoms with Crippen LogP contribution in [0, 0.1) is 0 Å². The van der Waals surface area contributed by atoms with Gasteiger partial charge < -0.3 is 19.8 Å². The van der Waals surface area contributed by atoms with Crippen LogP contribution >= 0.6 is 0 Å². The zero-order chi connectivity index (χ0) is 22.7. The molecule has 0 aliphatic carbocycles. The third-order valence-corrected chi connectivity index (χ3v) is 4.92. The van der Waals surface area contributed by atoms with Crippen molar-refractivity contribution in [2.45, 2.75) is 13.3 Å². The van der Waals surface area contributed by atoms with Gasteiger partial charge in [-0.05, 0) is 36.8 Å². The SMILES string of the molecule is CCCNC(=O)CN1C(=O)COc2ccc(NC(=O)c3cc4ccccc4oc3=O)cc21. The molecule has 0 unspecified atom stereocenters. The number of rotatable bonds is 6. The third-order valence-electron chi connectivity index (χ3n) is 4.92. The van der Waals surface area contributed by atoms with Crippen molar-refractivity contribution >= 4 is 40.1 Å². The van der Waals surface area contributed by atoms with E-state index in [1.54, 1.807) is 36.4 Å². The number of hydrogen-bond donors (Lipinski definition) is 2. The van der Waals surface area contributed by atoms with Gasteiger partial charge in [0.05, 0.1) is 5.69 Å². The molecule has 3 aromatic rings. The van der Waals surface area contributed by atoms with Crippen molar-refractivity contribution in [1.29, 1.82) is 0 Å². The zero-order valence-corrected chi connectivity index (χ0v) is 17.3. The molecule has 2 aromatic carbocycles. The molecular weight excluding hydrogens is 414 g/mol. The molecule has 2 heterocycles. The van der Waals surface area contributed by atoms with Crippen LogP contribution < -0.4 is 25.9 Å². The first-order valence-electron chi connectivity index (χ1n) is 10.1. The molecule has 2 N–H and O–H groups in total. The maximum atomic E-state index is 12.7. The molecule has 0 spiro atoms. The van der Waals surface area contributed by atoms with Crippen LogP contribution in [-0.2, 0) is 9.59 Å². The molecule has 164 valence electrons. The second kappa shape index (κ2) is 8.93. The van der Waals surface area contributed by atoms with Gasteiger partial charge in [-0.15, -0.1) is 0 Å². The predicted octanol–water partition coefficient (Wildman–Crippen LogP) is 2.30. The molecule has 9 nitrogen and oxygen atoms in total. The maximum Gasteiger partial charge on any atom is 0.349 e. The number of nitrogens with one attached hydrogen (secondary N) is 2. The lowest BCUT2D eigenvalue weighted by Crippen LogP contribution is -2.45. The standard InChI is InChI=1S/C23H21N3O6/c1-2-9-24-20(27)12-26-17-11-15(7-8-19(17)31-13-21(26)28)25-22(29)16-10-14-5-3-4-6-18(14)32-23(16)30/h3-8,10-11H,2,9,12-13H2,1H3,(H,24,27)(H,25,29). The Kier molecular flexibility index (Phi) is 5.89. The van der Waals surface area contributed by atoms with Crippen LogP contribution in [0.25, 0.3) is 11.0 Å². The fraction of sp³-hybridized carbons (Fsp3) is 0.217. The highest BCUT2D eigenvalue weighted by Gasteiger charge is 2.28. The Balaban J connectivity index is 1.59. The fourth-order valence-electron chi connectivity index (χ4n) is 3.34. The van der Waals surface area contributed by atoms with Crippen LogP contribution in [0.1, 0.15) is 23.7 Å². The van der Waals surface area contributed by atoms with Gasteiger partial charge in [0.1, 0.15) is 23.4 Å². The number of para-hydroxylation sites is 1. The fourth-order valence-corrected chi connectivity index (χ4v) is 3.34. The molecule has 0 atom stereocenters. The topological polar surface area (TPSA) is 118 Å². The maximum absolute atomic E-state index is 12.7. The predicted molar refractivity (Wildman–Crippen MR) is 118 cm³/mol. The van der Waals surface area contributed by atoms with E-state index < -0.39 is 11.5 Å². The summed E-state index contributed by atoms with van der Waals surface area (Å²) in [5.74, 6) is -0.907. The van der Waals surface area contributed by atoms with Crippen molar-refractivity contribution in [1.82, 2.24) is 5.32 Å². The lowest BCUT2D eigenvalue weighted by molar-refractivity contribution is -0.125. The Hall–Kier alpha value is -4.14. The highest BCUT2D eigenvalue weighted by molar-refractivity contribution is 6.07. The lowest BCUT2D eigenvalue weighted by Gasteiger charge is -2.29. The van der Waals surface area contributed by atoms with Gasteiger partial charge in [0.2, 0.25) is 5.91 Å². The third kappa shape index (κ3) is 4.31. The number of fused-ring (bicyclic) bond motifs is 2. The van der Waals surface area contributed by atoms with Crippen molar-refractivity contribution in [2.24, 2.45) is 0 Å². The van der Waals surface area contributed by atoms with Crippen LogP contribution in [0.3, 0.4) is 0 Å². The van der Waals surface area contributed by atoms with Gasteiger partial charge in [-0.25, -0.2) is 4.79 Å². The molecule has 4 rings (SSSR count). The zero-order valence-electron chi connectivity index (χ0n) is 17.3. The molecule has 32 heavy (non-hydrogen) atoms. The largest absolute Gasteiger partial charge is 0.482 e. The molecule has 0 radical (unpaired) electrons. The summed E-state index contributed by atoms with van der Waals surface area (Å²) < 4.78 is 10.7. The highest BCUT2D eigenvalue weighted by Crippen LogP contribution is 2.34. The summed E-state index contributed by atoms with van der Waals surface area (Å²) in [5, 5.41) is 5.99. The van der Waals surface area contributed by atoms with Crippen LogP contribution in [0.4, 0.5) is 11.4 Å². The van der Waals surface area contributed by atoms with E-state index in [1.807, 2.05) is 6.92 Å². The Morgan fingerprint density at radius 3 is 2.72 bits per heavy atom. The van der Waals surface area contributed by atoms with Gasteiger partial charge in [-0.2, -0.15) is 0 Å². The molecule has 1 aromatic heterocycles. The van der Waals surface area contributed by atoms with Crippen molar-refractivity contribution < 1.29 is 23.5 Å². The van der Waals surface area contributed by atoms with Crippen LogP contribution in [0.2, 0.25) is 0 Å². The summed E-state index contributed by atoms with van der Waals surface area (Å²) in [7, 11) is 0. The second-order valence-electron chi connectivity index (χ2n) is 7.24. The molecule has 3 amide bonds. The molecular formula is C23H21N3O6. The quantitative estimate of drug-likeness (QED) is 0.574. The minimum atomic E-state index is -0.758. The summed E-state index contributed by atoms with van der Waals surface area (Å²) in [4.78, 5) is 50.8. The molecule has 9 heteroatoms. The first-order valence-corrected chi connectivity index (χ1v) is 10.1. The molecule has 1 aliphatic heterocycles. The number of amides is 3. The van der Waals surface area contributed by atoms with Gasteiger partial charge in [-0.1, -0.05) is 25.1 Å². The van der Waals surface area contributed by atoms with Gasteiger partial charge in [-0.3, -0.25) is 19.3 Å². The number of carbonyl (C=O) groups is 3. The molecule has 0 fully saturated rings. The van der Waals surface area contributed by atoms with Crippen LogP contribution in [-0.4, -0.2) is 37.4 Å². The van der Waals surface area contributed by atoms with E-state index in [9.17, 15) is 19.2 Å². The lowest BCUT2D eigenvalue weighted by atomic mass is 10.1. The minimum absolute atomic E-state index is 0.149. The normalized spacial score (nSPS) is 12.8. The number of benzene rings is 2. The van der Waals surface area contributed by atoms with Crippen molar-refractivity contribution in [3.05, 3.63) is 64.5 Å². The van der Waals surface area contributed by atoms with Crippen LogP contribution in [0.15, 0.2) is 57.7 Å². The Morgan fingerprint density at radius 1 is 1.09 bits per heavy atom. The van der Waals surface area contributed by atoms with Gasteiger partial charge in [0.25, 0.3) is 11.8 Å². The Labute approximate surface area is 183 Å². The van der Waals surface area contributed by atoms with E-state index in [-0.39, 0.29) is 30.5 Å². The Morgan fingerprint density at radius 2 is 1.91 bits per heavy atom. The average molecular weight is 435 g/mol. The number of hydrogen-bond acceptors (Lipinski definition) is 6. The Bertz CT molecular complexity index is 1270. The van der Waals surface area contributed by atoms with Crippen LogP contribution in [0.5, 0.6) is 5.75 Å². The van der Waals surface area contributed by atoms with E-state index in [0.29, 0.717) is 34.6 Å². The number of carbonyl (C=O) groups excluding carboxylic acids is 3. The van der Waals surface area contributed by atoms with Crippen molar-refractivity contribution in [3.63, 3.8) is 0 Å². The summed E-state index contributed by atoms with van der Waals surface area (Å²) in [6.45, 7) is 2.09. The molecule has 0 saturated heterocycles. The summed E-state index contributed by atoms with van der Waals surface area (Å²) >= 11 is 0. The van der Waals surface area contributed by atoms with Gasteiger partial charge >= 0.3 is 5.63 Å². The van der Waals surface area contributed by atoms with Gasteiger partial charge in [0.15, 0.2) is 6.61 Å². The van der Waals surface area contributed by atoms with Gasteiger partial charge in [0, 0.05) is 17.6 Å². The monoisotopic (exact) mass is 435 g/mol.